The Labute approximate surface area is 506 Å². The van der Waals surface area contributed by atoms with Crippen molar-refractivity contribution in [3.8, 4) is 0 Å². The number of carbonyl (C=O) groups is 1. The molecule has 0 aromatic heterocycles. The normalized spacial score (nSPS) is 29.2. The molecule has 19 nitrogen and oxygen atoms in total. The molecular formula is C65H123NO18. The van der Waals surface area contributed by atoms with Gasteiger partial charge in [0.05, 0.1) is 38.6 Å². The molecule has 3 rings (SSSR count). The average molecular weight is 1210 g/mol. The van der Waals surface area contributed by atoms with E-state index in [-0.39, 0.29) is 18.9 Å². The Balaban J connectivity index is 1.42. The highest BCUT2D eigenvalue weighted by Crippen LogP contribution is 2.33. The minimum absolute atomic E-state index is 0.249. The zero-order chi connectivity index (χ0) is 61.2. The Morgan fingerprint density at radius 1 is 0.417 bits per heavy atom. The zero-order valence-electron chi connectivity index (χ0n) is 52.2. The summed E-state index contributed by atoms with van der Waals surface area (Å²) in [5.74, 6) is -0.249. The van der Waals surface area contributed by atoms with Gasteiger partial charge in [0.25, 0.3) is 0 Å². The van der Waals surface area contributed by atoms with Crippen molar-refractivity contribution in [2.45, 2.75) is 369 Å². The van der Waals surface area contributed by atoms with E-state index in [9.17, 15) is 61.0 Å². The van der Waals surface area contributed by atoms with Gasteiger partial charge in [-0.1, -0.05) is 231 Å². The Hall–Kier alpha value is -1.47. The lowest BCUT2D eigenvalue weighted by molar-refractivity contribution is -0.379. The largest absolute Gasteiger partial charge is 0.394 e. The molecule has 3 saturated heterocycles. The van der Waals surface area contributed by atoms with Gasteiger partial charge < -0.3 is 89.9 Å². The van der Waals surface area contributed by atoms with Crippen LogP contribution in [0, 0.1) is 0 Å². The number of rotatable bonds is 52. The predicted molar refractivity (Wildman–Crippen MR) is 323 cm³/mol. The van der Waals surface area contributed by atoms with Gasteiger partial charge in [-0.25, -0.2) is 0 Å². The van der Waals surface area contributed by atoms with E-state index in [2.05, 4.69) is 31.3 Å². The van der Waals surface area contributed by atoms with Gasteiger partial charge in [0.2, 0.25) is 5.91 Å². The van der Waals surface area contributed by atoms with Crippen LogP contribution in [0.5, 0.6) is 0 Å². The molecule has 3 fully saturated rings. The fraction of sp³-hybridized carbons (Fsp3) is 0.954. The van der Waals surface area contributed by atoms with E-state index in [0.29, 0.717) is 12.8 Å². The van der Waals surface area contributed by atoms with Crippen molar-refractivity contribution in [2.24, 2.45) is 0 Å². The highest BCUT2D eigenvalue weighted by atomic mass is 16.8. The highest BCUT2D eigenvalue weighted by Gasteiger charge is 2.53. The van der Waals surface area contributed by atoms with Crippen LogP contribution >= 0.6 is 0 Å². The number of ether oxygens (including phenoxy) is 6. The summed E-state index contributed by atoms with van der Waals surface area (Å²) in [6.45, 7) is 1.80. The summed E-state index contributed by atoms with van der Waals surface area (Å²) in [4.78, 5) is 13.4. The van der Waals surface area contributed by atoms with Gasteiger partial charge in [-0.3, -0.25) is 4.79 Å². The van der Waals surface area contributed by atoms with E-state index >= 15 is 0 Å². The first kappa shape index (κ1) is 76.8. The molecule has 3 aliphatic heterocycles. The number of carbonyl (C=O) groups excluding carboxylic acids is 1. The Morgan fingerprint density at radius 3 is 1.15 bits per heavy atom. The summed E-state index contributed by atoms with van der Waals surface area (Å²) < 4.78 is 34.4. The van der Waals surface area contributed by atoms with Crippen molar-refractivity contribution < 1.29 is 89.4 Å². The second kappa shape index (κ2) is 48.4. The van der Waals surface area contributed by atoms with E-state index in [1.807, 2.05) is 0 Å². The lowest BCUT2D eigenvalue weighted by Gasteiger charge is -2.48. The van der Waals surface area contributed by atoms with Gasteiger partial charge in [-0.2, -0.15) is 0 Å². The second-order valence-electron chi connectivity index (χ2n) is 24.6. The molecule has 0 saturated carbocycles. The van der Waals surface area contributed by atoms with Gasteiger partial charge in [0.15, 0.2) is 18.9 Å². The van der Waals surface area contributed by atoms with Crippen molar-refractivity contribution in [2.75, 3.05) is 26.4 Å². The molecule has 19 heteroatoms. The molecule has 0 spiro atoms. The van der Waals surface area contributed by atoms with Crippen LogP contribution in [0.1, 0.15) is 264 Å². The number of allylic oxidation sites excluding steroid dienone is 2. The fourth-order valence-corrected chi connectivity index (χ4v) is 11.8. The van der Waals surface area contributed by atoms with Crippen molar-refractivity contribution in [3.05, 3.63) is 12.2 Å². The molecule has 17 unspecified atom stereocenters. The Bertz CT molecular complexity index is 1580. The summed E-state index contributed by atoms with van der Waals surface area (Å²) in [6.07, 6.45) is 24.4. The maximum absolute atomic E-state index is 13.4. The van der Waals surface area contributed by atoms with Crippen molar-refractivity contribution in [1.82, 2.24) is 5.32 Å². The lowest BCUT2D eigenvalue weighted by Crippen LogP contribution is -2.66. The maximum atomic E-state index is 13.4. The first-order valence-electron chi connectivity index (χ1n) is 33.9. The zero-order valence-corrected chi connectivity index (χ0v) is 52.2. The van der Waals surface area contributed by atoms with Crippen molar-refractivity contribution in [3.63, 3.8) is 0 Å². The Kier molecular flexibility index (Phi) is 44.2. The number of aliphatic hydroxyl groups excluding tert-OH is 11. The quantitative estimate of drug-likeness (QED) is 0.0202. The second-order valence-corrected chi connectivity index (χ2v) is 24.6. The van der Waals surface area contributed by atoms with E-state index in [0.717, 1.165) is 64.2 Å². The summed E-state index contributed by atoms with van der Waals surface area (Å²) in [5.41, 5.74) is 0. The average Bonchev–Trinajstić information content (AvgIpc) is 2.80. The van der Waals surface area contributed by atoms with Crippen LogP contribution in [0.2, 0.25) is 0 Å². The van der Waals surface area contributed by atoms with Crippen LogP contribution in [-0.2, 0) is 33.2 Å². The molecule has 12 N–H and O–H groups in total. The number of unbranched alkanes of at least 4 members (excludes halogenated alkanes) is 34. The van der Waals surface area contributed by atoms with E-state index < -0.39 is 124 Å². The van der Waals surface area contributed by atoms with Gasteiger partial charge in [0.1, 0.15) is 73.2 Å². The molecule has 84 heavy (non-hydrogen) atoms. The van der Waals surface area contributed by atoms with Crippen LogP contribution in [0.3, 0.4) is 0 Å². The number of hydrogen-bond acceptors (Lipinski definition) is 18. The lowest BCUT2D eigenvalue weighted by atomic mass is 9.96. The molecule has 3 aliphatic rings. The van der Waals surface area contributed by atoms with Gasteiger partial charge in [-0.05, 0) is 38.5 Å². The molecule has 17 atom stereocenters. The van der Waals surface area contributed by atoms with Gasteiger partial charge in [0, 0.05) is 6.42 Å². The molecule has 0 aromatic rings. The van der Waals surface area contributed by atoms with Gasteiger partial charge in [-0.15, -0.1) is 0 Å². The minimum Gasteiger partial charge on any atom is -0.394 e. The van der Waals surface area contributed by atoms with Crippen LogP contribution in [-0.4, -0.2) is 193 Å². The van der Waals surface area contributed by atoms with Crippen molar-refractivity contribution >= 4 is 5.91 Å². The first-order valence-corrected chi connectivity index (χ1v) is 33.9. The summed E-state index contributed by atoms with van der Waals surface area (Å²) in [5, 5.41) is 121. The monoisotopic (exact) mass is 1210 g/mol. The third kappa shape index (κ3) is 30.8. The third-order valence-corrected chi connectivity index (χ3v) is 17.3. The Morgan fingerprint density at radius 2 is 0.750 bits per heavy atom. The standard InChI is InChI=1S/C65H123NO18/c1-3-5-7-9-11-13-15-17-19-20-21-22-23-24-25-26-27-28-29-30-32-34-36-38-40-42-49(70)48(66-53(71)43-41-39-37-35-33-31-18-16-14-12-10-8-6-4-2)47-79-63-59(77)56(74)61(51(45-68)81-63)84-65-60(78)57(75)62(52(46-69)82-65)83-64-58(76)55(73)54(72)50(44-67)80-64/h16,18,48-52,54-65,67-70,72-78H,3-15,17,19-47H2,1-2H3,(H,66,71)/b18-16-. The van der Waals surface area contributed by atoms with Gasteiger partial charge >= 0.3 is 0 Å². The molecule has 496 valence electrons. The van der Waals surface area contributed by atoms with E-state index in [1.54, 1.807) is 0 Å². The number of aliphatic hydroxyl groups is 11. The number of hydrogen-bond donors (Lipinski definition) is 12. The molecule has 0 radical (unpaired) electrons. The summed E-state index contributed by atoms with van der Waals surface area (Å²) in [6, 6.07) is -0.888. The van der Waals surface area contributed by atoms with Crippen LogP contribution in [0.15, 0.2) is 12.2 Å². The minimum atomic E-state index is -1.97. The first-order chi connectivity index (χ1) is 40.8. The predicted octanol–water partition coefficient (Wildman–Crippen LogP) is 8.11. The molecule has 0 bridgehead atoms. The molecule has 1 amide bonds. The number of nitrogens with one attached hydrogen (secondary N) is 1. The summed E-state index contributed by atoms with van der Waals surface area (Å²) in [7, 11) is 0. The number of amides is 1. The molecule has 0 aromatic carbocycles. The SMILES string of the molecule is CCCCCCC/C=C\CCCCCCCC(=O)NC(COC1OC(CO)C(OC2OC(CO)C(OC3OC(CO)C(O)C(O)C3O)C(O)C2O)C(O)C1O)C(O)CCCCCCCCCCCCCCCCCCCCCCCCCCC. The van der Waals surface area contributed by atoms with Crippen LogP contribution in [0.25, 0.3) is 0 Å². The summed E-state index contributed by atoms with van der Waals surface area (Å²) >= 11 is 0. The van der Waals surface area contributed by atoms with E-state index in [1.165, 1.54) is 167 Å². The van der Waals surface area contributed by atoms with E-state index in [4.69, 9.17) is 28.4 Å². The molecule has 3 heterocycles. The maximum Gasteiger partial charge on any atom is 0.220 e. The van der Waals surface area contributed by atoms with Crippen LogP contribution in [0.4, 0.5) is 0 Å². The topological polar surface area (TPSA) is 307 Å². The molecule has 0 aliphatic carbocycles. The smallest absolute Gasteiger partial charge is 0.220 e. The van der Waals surface area contributed by atoms with Crippen molar-refractivity contribution in [1.29, 1.82) is 0 Å². The fourth-order valence-electron chi connectivity index (χ4n) is 11.8. The third-order valence-electron chi connectivity index (χ3n) is 17.3. The van der Waals surface area contributed by atoms with Crippen LogP contribution < -0.4 is 5.32 Å². The molecular weight excluding hydrogens is 1080 g/mol. The highest BCUT2D eigenvalue weighted by molar-refractivity contribution is 5.76.